The van der Waals surface area contributed by atoms with Crippen LogP contribution in [0.15, 0.2) is 58.3 Å². The van der Waals surface area contributed by atoms with Gasteiger partial charge in [0.1, 0.15) is 0 Å². The summed E-state index contributed by atoms with van der Waals surface area (Å²) >= 11 is 0. The van der Waals surface area contributed by atoms with Crippen LogP contribution in [0.1, 0.15) is 12.5 Å². The van der Waals surface area contributed by atoms with Crippen molar-refractivity contribution < 1.29 is 0 Å². The van der Waals surface area contributed by atoms with Crippen molar-refractivity contribution >= 4 is 5.70 Å². The van der Waals surface area contributed by atoms with Gasteiger partial charge in [0.05, 0.1) is 5.70 Å². The number of nitrogens with zero attached hydrogens (tertiary/aromatic N) is 1. The van der Waals surface area contributed by atoms with Gasteiger partial charge in [-0.05, 0) is 24.8 Å². The highest BCUT2D eigenvalue weighted by atomic mass is 16.2. The third-order valence-corrected chi connectivity index (χ3v) is 2.76. The van der Waals surface area contributed by atoms with Gasteiger partial charge in [0, 0.05) is 6.54 Å². The van der Waals surface area contributed by atoms with E-state index in [9.17, 15) is 9.59 Å². The van der Waals surface area contributed by atoms with E-state index in [0.717, 1.165) is 10.1 Å². The Bertz CT molecular complexity index is 692. The number of hydrogen-bond donors (Lipinski definition) is 3. The molecule has 0 unspecified atom stereocenters. The fourth-order valence-electron chi connectivity index (χ4n) is 1.76. The van der Waals surface area contributed by atoms with E-state index < -0.39 is 11.4 Å². The van der Waals surface area contributed by atoms with Crippen LogP contribution >= 0.6 is 0 Å². The van der Waals surface area contributed by atoms with Crippen LogP contribution in [0.2, 0.25) is 0 Å². The largest absolute Gasteiger partial charge is 0.387 e. The van der Waals surface area contributed by atoms with Gasteiger partial charge >= 0.3 is 11.4 Å². The summed E-state index contributed by atoms with van der Waals surface area (Å²) in [6, 6.07) is 9.92. The predicted octanol–water partition coefficient (Wildman–Crippen LogP) is 1.03. The number of allylic oxidation sites excluding steroid dienone is 3. The maximum absolute atomic E-state index is 11.5. The second-order valence-electron chi connectivity index (χ2n) is 4.11. The molecule has 3 N–H and O–H groups in total. The van der Waals surface area contributed by atoms with Gasteiger partial charge in [-0.3, -0.25) is 0 Å². The molecule has 2 aromatic rings. The summed E-state index contributed by atoms with van der Waals surface area (Å²) in [6.45, 7) is 2.43. The second kappa shape index (κ2) is 6.42. The number of benzene rings is 1. The zero-order valence-corrected chi connectivity index (χ0v) is 11.1. The quantitative estimate of drug-likeness (QED) is 0.711. The van der Waals surface area contributed by atoms with E-state index in [-0.39, 0.29) is 0 Å². The van der Waals surface area contributed by atoms with E-state index in [1.807, 2.05) is 30.3 Å². The van der Waals surface area contributed by atoms with Gasteiger partial charge in [-0.15, -0.1) is 0 Å². The van der Waals surface area contributed by atoms with Gasteiger partial charge in [0.2, 0.25) is 0 Å². The Labute approximate surface area is 115 Å². The lowest BCUT2D eigenvalue weighted by Gasteiger charge is -2.02. The average molecular weight is 272 g/mol. The minimum absolute atomic E-state index is 0.490. The molecule has 0 aliphatic carbocycles. The highest BCUT2D eigenvalue weighted by Gasteiger charge is 2.04. The number of H-pyrrole nitrogens is 2. The van der Waals surface area contributed by atoms with Gasteiger partial charge in [-0.1, -0.05) is 36.4 Å². The molecule has 0 saturated carbocycles. The number of hydrogen-bond acceptors (Lipinski definition) is 3. The molecule has 1 aromatic heterocycles. The van der Waals surface area contributed by atoms with E-state index in [2.05, 4.69) is 15.5 Å². The summed E-state index contributed by atoms with van der Waals surface area (Å²) in [4.78, 5) is 23.0. The Morgan fingerprint density at radius 1 is 1.20 bits per heavy atom. The van der Waals surface area contributed by atoms with Crippen molar-refractivity contribution in [2.75, 3.05) is 0 Å². The van der Waals surface area contributed by atoms with Crippen LogP contribution in [0.3, 0.4) is 0 Å². The molecule has 6 nitrogen and oxygen atoms in total. The minimum Gasteiger partial charge on any atom is -0.387 e. The van der Waals surface area contributed by atoms with Crippen molar-refractivity contribution in [1.29, 1.82) is 0 Å². The molecule has 0 spiro atoms. The van der Waals surface area contributed by atoms with Crippen LogP contribution < -0.4 is 16.7 Å². The van der Waals surface area contributed by atoms with E-state index in [4.69, 9.17) is 0 Å². The highest BCUT2D eigenvalue weighted by molar-refractivity contribution is 5.55. The molecule has 104 valence electrons. The molecule has 0 amide bonds. The molecule has 0 bridgehead atoms. The topological polar surface area (TPSA) is 82.7 Å². The van der Waals surface area contributed by atoms with Gasteiger partial charge in [-0.25, -0.2) is 24.4 Å². The van der Waals surface area contributed by atoms with Crippen LogP contribution in [0.4, 0.5) is 0 Å². The third kappa shape index (κ3) is 3.17. The first-order valence-corrected chi connectivity index (χ1v) is 6.22. The van der Waals surface area contributed by atoms with E-state index in [1.165, 1.54) is 0 Å². The molecule has 1 heterocycles. The lowest BCUT2D eigenvalue weighted by Crippen LogP contribution is -2.25. The van der Waals surface area contributed by atoms with E-state index >= 15 is 0 Å². The van der Waals surface area contributed by atoms with Crippen LogP contribution in [-0.4, -0.2) is 14.8 Å². The summed E-state index contributed by atoms with van der Waals surface area (Å²) in [5.41, 5.74) is 0.667. The van der Waals surface area contributed by atoms with Crippen molar-refractivity contribution in [3.63, 3.8) is 0 Å². The fraction of sp³-hybridized carbons (Fsp3) is 0.143. The van der Waals surface area contributed by atoms with Crippen molar-refractivity contribution in [2.24, 2.45) is 0 Å². The summed E-state index contributed by atoms with van der Waals surface area (Å²) in [5, 5.41) is 7.59. The Morgan fingerprint density at radius 3 is 2.45 bits per heavy atom. The lowest BCUT2D eigenvalue weighted by molar-refractivity contribution is 0.867. The molecule has 0 aliphatic rings. The maximum atomic E-state index is 11.5. The van der Waals surface area contributed by atoms with Crippen LogP contribution in [0, 0.1) is 0 Å². The first kappa shape index (κ1) is 13.7. The zero-order valence-electron chi connectivity index (χ0n) is 11.1. The first-order valence-electron chi connectivity index (χ1n) is 6.22. The standard InChI is InChI=1S/C14H16N4O2/c1-2-12(18-13(19)16-17-14(18)20)8-9-15-10-11-6-4-3-5-7-11/h2-9,15H,10H2,1H3,(H,16,19)(H,17,20)/b9-8-,12-2+. The SMILES string of the molecule is C/C=C(\C=C/NCc1ccccc1)n1c(=O)[nH][nH]c1=O. The highest BCUT2D eigenvalue weighted by Crippen LogP contribution is 2.00. The normalized spacial score (nSPS) is 11.9. The molecule has 1 aromatic carbocycles. The Kier molecular flexibility index (Phi) is 4.39. The summed E-state index contributed by atoms with van der Waals surface area (Å²) < 4.78 is 1.03. The fourth-order valence-corrected chi connectivity index (χ4v) is 1.76. The Morgan fingerprint density at radius 2 is 1.85 bits per heavy atom. The number of nitrogens with one attached hydrogen (secondary N) is 3. The average Bonchev–Trinajstić information content (AvgIpc) is 2.80. The molecule has 2 rings (SSSR count). The second-order valence-corrected chi connectivity index (χ2v) is 4.11. The molecular formula is C14H16N4O2. The molecule has 6 heteroatoms. The Hall–Kier alpha value is -2.76. The van der Waals surface area contributed by atoms with E-state index in [1.54, 1.807) is 25.3 Å². The van der Waals surface area contributed by atoms with Gasteiger partial charge in [0.25, 0.3) is 0 Å². The van der Waals surface area contributed by atoms with Crippen molar-refractivity contribution in [2.45, 2.75) is 13.5 Å². The van der Waals surface area contributed by atoms with Crippen LogP contribution in [0.5, 0.6) is 0 Å². The summed E-state index contributed by atoms with van der Waals surface area (Å²) in [6.07, 6.45) is 5.07. The number of aromatic nitrogens is 3. The van der Waals surface area contributed by atoms with E-state index in [0.29, 0.717) is 12.2 Å². The third-order valence-electron chi connectivity index (χ3n) is 2.76. The molecule has 0 fully saturated rings. The monoisotopic (exact) mass is 272 g/mol. The predicted molar refractivity (Wildman–Crippen MR) is 78.0 cm³/mol. The zero-order chi connectivity index (χ0) is 14.4. The molecule has 0 aliphatic heterocycles. The van der Waals surface area contributed by atoms with Crippen molar-refractivity contribution in [3.8, 4) is 0 Å². The molecule has 0 saturated heterocycles. The number of rotatable bonds is 5. The van der Waals surface area contributed by atoms with Crippen molar-refractivity contribution in [1.82, 2.24) is 20.1 Å². The summed E-state index contributed by atoms with van der Waals surface area (Å²) in [7, 11) is 0. The summed E-state index contributed by atoms with van der Waals surface area (Å²) in [5.74, 6) is 0. The minimum atomic E-state index is -0.490. The smallest absolute Gasteiger partial charge is 0.348 e. The van der Waals surface area contributed by atoms with Crippen LogP contribution in [-0.2, 0) is 6.54 Å². The van der Waals surface area contributed by atoms with Gasteiger partial charge < -0.3 is 5.32 Å². The van der Waals surface area contributed by atoms with Gasteiger partial charge in [-0.2, -0.15) is 0 Å². The first-order chi connectivity index (χ1) is 9.72. The molecule has 0 radical (unpaired) electrons. The number of aromatic amines is 2. The molecular weight excluding hydrogens is 256 g/mol. The lowest BCUT2D eigenvalue weighted by atomic mass is 10.2. The maximum Gasteiger partial charge on any atom is 0.348 e. The Balaban J connectivity index is 2.03. The van der Waals surface area contributed by atoms with Crippen molar-refractivity contribution in [3.05, 3.63) is 75.2 Å². The molecule has 20 heavy (non-hydrogen) atoms. The molecule has 0 atom stereocenters. The van der Waals surface area contributed by atoms with Gasteiger partial charge in [0.15, 0.2) is 0 Å². The van der Waals surface area contributed by atoms with Crippen LogP contribution in [0.25, 0.3) is 5.70 Å².